The predicted molar refractivity (Wildman–Crippen MR) is 118 cm³/mol. The molecule has 2 atom stereocenters. The van der Waals surface area contributed by atoms with Crippen molar-refractivity contribution in [2.24, 2.45) is 16.9 Å². The topological polar surface area (TPSA) is 88.4 Å². The number of ether oxygens (including phenoxy) is 2. The van der Waals surface area contributed by atoms with Crippen LogP contribution in [0.1, 0.15) is 57.9 Å². The lowest BCUT2D eigenvalue weighted by Gasteiger charge is -2.37. The molecule has 2 unspecified atom stereocenters. The van der Waals surface area contributed by atoms with Crippen molar-refractivity contribution in [1.29, 1.82) is 0 Å². The molecule has 0 aromatic heterocycles. The van der Waals surface area contributed by atoms with Gasteiger partial charge in [0.15, 0.2) is 11.5 Å². The number of hydrogen-bond acceptors (Lipinski definition) is 5. The van der Waals surface area contributed by atoms with Gasteiger partial charge in [-0.05, 0) is 57.7 Å². The number of carboxylic acids is 1. The molecule has 7 heteroatoms. The summed E-state index contributed by atoms with van der Waals surface area (Å²) in [6, 6.07) is 5.86. The minimum atomic E-state index is -0.785. The normalized spacial score (nSPS) is 20.3. The van der Waals surface area contributed by atoms with E-state index < -0.39 is 5.97 Å². The number of carbonyl (C=O) groups is 2. The van der Waals surface area contributed by atoms with Crippen LogP contribution in [0.4, 0.5) is 0 Å². The number of hydrogen-bond donors (Lipinski definition) is 1. The summed E-state index contributed by atoms with van der Waals surface area (Å²) < 4.78 is 11.5. The van der Waals surface area contributed by atoms with Gasteiger partial charge in [-0.15, -0.1) is 0 Å². The van der Waals surface area contributed by atoms with Gasteiger partial charge in [0.25, 0.3) is 0 Å². The maximum absolute atomic E-state index is 13.1. The van der Waals surface area contributed by atoms with Crippen molar-refractivity contribution in [1.82, 2.24) is 5.01 Å². The lowest BCUT2D eigenvalue weighted by Crippen LogP contribution is -2.45. The van der Waals surface area contributed by atoms with Gasteiger partial charge in [-0.1, -0.05) is 18.6 Å². The minimum Gasteiger partial charge on any atom is -0.490 e. The first-order valence-electron chi connectivity index (χ1n) is 11.2. The lowest BCUT2D eigenvalue weighted by atomic mass is 9.76. The van der Waals surface area contributed by atoms with Crippen LogP contribution in [-0.2, 0) is 9.59 Å². The van der Waals surface area contributed by atoms with E-state index >= 15 is 0 Å². The van der Waals surface area contributed by atoms with Crippen LogP contribution >= 0.6 is 0 Å². The smallest absolute Gasteiger partial charge is 0.303 e. The number of unbranched alkanes of at least 4 members (excludes halogenated alkanes) is 2. The van der Waals surface area contributed by atoms with E-state index in [0.29, 0.717) is 44.1 Å². The van der Waals surface area contributed by atoms with Crippen LogP contribution < -0.4 is 9.47 Å². The molecule has 0 radical (unpaired) electrons. The number of rotatable bonds is 11. The first-order valence-corrected chi connectivity index (χ1v) is 11.2. The summed E-state index contributed by atoms with van der Waals surface area (Å²) >= 11 is 0. The van der Waals surface area contributed by atoms with Crippen LogP contribution in [0, 0.1) is 11.8 Å². The molecule has 1 N–H and O–H groups in total. The SMILES string of the molecule is CCOc1ccc(C2=NN(CCCCCC(=O)O)C(=O)C3CC=CCC23)cc1OCC. The highest BCUT2D eigenvalue weighted by atomic mass is 16.5. The summed E-state index contributed by atoms with van der Waals surface area (Å²) in [6.07, 6.45) is 7.97. The van der Waals surface area contributed by atoms with Crippen LogP contribution in [0.2, 0.25) is 0 Å². The highest BCUT2D eigenvalue weighted by Gasteiger charge is 2.39. The van der Waals surface area contributed by atoms with Crippen molar-refractivity contribution in [3.8, 4) is 11.5 Å². The van der Waals surface area contributed by atoms with Crippen LogP contribution in [0.25, 0.3) is 0 Å². The van der Waals surface area contributed by atoms with Gasteiger partial charge in [-0.25, -0.2) is 5.01 Å². The fraction of sp³-hybridized carbons (Fsp3) is 0.542. The number of nitrogens with zero attached hydrogens (tertiary/aromatic N) is 2. The zero-order chi connectivity index (χ0) is 22.2. The maximum atomic E-state index is 13.1. The number of aliphatic carboxylic acids is 1. The third-order valence-corrected chi connectivity index (χ3v) is 5.68. The summed E-state index contributed by atoms with van der Waals surface area (Å²) in [6.45, 7) is 5.47. The minimum absolute atomic E-state index is 0.0492. The van der Waals surface area contributed by atoms with Gasteiger partial charge >= 0.3 is 5.97 Å². The van der Waals surface area contributed by atoms with E-state index in [2.05, 4.69) is 12.2 Å². The Balaban J connectivity index is 1.84. The van der Waals surface area contributed by atoms with Crippen molar-refractivity contribution < 1.29 is 24.2 Å². The molecule has 0 saturated carbocycles. The monoisotopic (exact) mass is 428 g/mol. The number of fused-ring (bicyclic) bond motifs is 1. The molecular formula is C24H32N2O5. The van der Waals surface area contributed by atoms with Crippen molar-refractivity contribution in [2.75, 3.05) is 19.8 Å². The molecule has 31 heavy (non-hydrogen) atoms. The zero-order valence-corrected chi connectivity index (χ0v) is 18.4. The fourth-order valence-corrected chi connectivity index (χ4v) is 4.19. The molecule has 1 aliphatic carbocycles. The summed E-state index contributed by atoms with van der Waals surface area (Å²) in [7, 11) is 0. The van der Waals surface area contributed by atoms with Crippen molar-refractivity contribution in [2.45, 2.75) is 52.4 Å². The highest BCUT2D eigenvalue weighted by Crippen LogP contribution is 2.37. The van der Waals surface area contributed by atoms with Gasteiger partial charge in [0.05, 0.1) is 24.8 Å². The fourth-order valence-electron chi connectivity index (χ4n) is 4.19. The lowest BCUT2D eigenvalue weighted by molar-refractivity contribution is -0.138. The van der Waals surface area contributed by atoms with Gasteiger partial charge in [-0.2, -0.15) is 5.10 Å². The van der Waals surface area contributed by atoms with Crippen LogP contribution in [0.5, 0.6) is 11.5 Å². The summed E-state index contributed by atoms with van der Waals surface area (Å²) in [5, 5.41) is 15.2. The molecule has 0 saturated heterocycles. The number of amides is 1. The molecule has 1 amide bonds. The van der Waals surface area contributed by atoms with Crippen molar-refractivity contribution in [3.05, 3.63) is 35.9 Å². The molecule has 0 bridgehead atoms. The second kappa shape index (κ2) is 11.0. The second-order valence-electron chi connectivity index (χ2n) is 7.83. The number of carbonyl (C=O) groups excluding carboxylic acids is 1. The van der Waals surface area contributed by atoms with Gasteiger partial charge in [0.1, 0.15) is 0 Å². The standard InChI is InChI=1S/C24H32N2O5/c1-3-30-20-14-13-17(16-21(20)31-4-2)23-18-10-7-8-11-19(18)24(29)26(25-23)15-9-5-6-12-22(27)28/h7-8,13-14,16,18-19H,3-6,9-12,15H2,1-2H3,(H,27,28). The van der Waals surface area contributed by atoms with Gasteiger partial charge < -0.3 is 14.6 Å². The van der Waals surface area contributed by atoms with Crippen molar-refractivity contribution >= 4 is 17.6 Å². The van der Waals surface area contributed by atoms with Crippen LogP contribution in [0.3, 0.4) is 0 Å². The molecule has 3 rings (SSSR count). The third-order valence-electron chi connectivity index (χ3n) is 5.68. The molecule has 0 fully saturated rings. The van der Waals surface area contributed by atoms with Gasteiger partial charge in [0, 0.05) is 24.4 Å². The van der Waals surface area contributed by atoms with Gasteiger partial charge in [-0.3, -0.25) is 9.59 Å². The van der Waals surface area contributed by atoms with Crippen LogP contribution in [-0.4, -0.2) is 47.5 Å². The van der Waals surface area contributed by atoms with Crippen LogP contribution in [0.15, 0.2) is 35.5 Å². The quantitative estimate of drug-likeness (QED) is 0.420. The molecule has 1 heterocycles. The summed E-state index contributed by atoms with van der Waals surface area (Å²) in [4.78, 5) is 23.8. The first kappa shape index (κ1) is 22.8. The Bertz CT molecular complexity index is 848. The number of hydrazone groups is 1. The highest BCUT2D eigenvalue weighted by molar-refractivity contribution is 6.07. The third kappa shape index (κ3) is 5.66. The predicted octanol–water partition coefficient (Wildman–Crippen LogP) is 4.26. The Labute approximate surface area is 183 Å². The number of carboxylic acid groups (broad SMARTS) is 1. The van der Waals surface area contributed by atoms with Crippen molar-refractivity contribution in [3.63, 3.8) is 0 Å². The van der Waals surface area contributed by atoms with E-state index in [-0.39, 0.29) is 24.2 Å². The van der Waals surface area contributed by atoms with E-state index in [9.17, 15) is 9.59 Å². The molecule has 1 aliphatic heterocycles. The molecule has 1 aromatic rings. The Morgan fingerprint density at radius 1 is 1.06 bits per heavy atom. The van der Waals surface area contributed by atoms with E-state index in [4.69, 9.17) is 19.7 Å². The van der Waals surface area contributed by atoms with E-state index in [1.165, 1.54) is 0 Å². The Morgan fingerprint density at radius 3 is 2.48 bits per heavy atom. The van der Waals surface area contributed by atoms with E-state index in [0.717, 1.165) is 30.5 Å². The molecule has 1 aromatic carbocycles. The Kier molecular flexibility index (Phi) is 8.09. The summed E-state index contributed by atoms with van der Waals surface area (Å²) in [5.41, 5.74) is 1.85. The molecule has 7 nitrogen and oxygen atoms in total. The molecule has 2 aliphatic rings. The molecule has 168 valence electrons. The molecular weight excluding hydrogens is 396 g/mol. The molecule has 0 spiro atoms. The number of benzene rings is 1. The zero-order valence-electron chi connectivity index (χ0n) is 18.4. The Hall–Kier alpha value is -2.83. The largest absolute Gasteiger partial charge is 0.490 e. The van der Waals surface area contributed by atoms with E-state index in [1.54, 1.807) is 5.01 Å². The second-order valence-corrected chi connectivity index (χ2v) is 7.83. The van der Waals surface area contributed by atoms with Gasteiger partial charge in [0.2, 0.25) is 5.91 Å². The first-order chi connectivity index (χ1) is 15.0. The Morgan fingerprint density at radius 2 is 1.77 bits per heavy atom. The maximum Gasteiger partial charge on any atom is 0.303 e. The number of allylic oxidation sites excluding steroid dienone is 2. The van der Waals surface area contributed by atoms with E-state index in [1.807, 2.05) is 32.0 Å². The average molecular weight is 429 g/mol. The average Bonchev–Trinajstić information content (AvgIpc) is 2.76. The summed E-state index contributed by atoms with van der Waals surface area (Å²) in [5.74, 6) is 0.603.